The van der Waals surface area contributed by atoms with Crippen molar-refractivity contribution >= 4 is 0 Å². The zero-order valence-corrected chi connectivity index (χ0v) is 12.9. The minimum atomic E-state index is -0.333. The van der Waals surface area contributed by atoms with Crippen LogP contribution in [-0.2, 0) is 16.1 Å². The van der Waals surface area contributed by atoms with Gasteiger partial charge in [0.25, 0.3) is 0 Å². The fraction of sp³-hybridized carbons (Fsp3) is 0.471. The molecule has 2 aromatic rings. The van der Waals surface area contributed by atoms with Gasteiger partial charge < -0.3 is 9.47 Å². The summed E-state index contributed by atoms with van der Waals surface area (Å²) in [5, 5.41) is 4.58. The summed E-state index contributed by atoms with van der Waals surface area (Å²) in [5.41, 5.74) is 1.79. The Morgan fingerprint density at radius 3 is 2.43 bits per heavy atom. The minimum Gasteiger partial charge on any atom is -0.347 e. The second-order valence-corrected chi connectivity index (χ2v) is 6.11. The standard InChI is InChI=1S/C17H20FN3O2/c18-15-3-1-14(2-4-15)16-5-8-21(19-16)13-20-9-6-17(7-10-20)22-11-12-23-17/h1-5,8H,6-7,9-13H2. The molecular formula is C17H20FN3O2. The maximum Gasteiger partial charge on any atom is 0.170 e. The lowest BCUT2D eigenvalue weighted by molar-refractivity contribution is -0.187. The number of benzene rings is 1. The van der Waals surface area contributed by atoms with E-state index in [0.29, 0.717) is 13.2 Å². The number of likely N-dealkylation sites (tertiary alicyclic amines) is 1. The maximum atomic E-state index is 13.0. The van der Waals surface area contributed by atoms with E-state index >= 15 is 0 Å². The van der Waals surface area contributed by atoms with Crippen LogP contribution in [0.2, 0.25) is 0 Å². The van der Waals surface area contributed by atoms with Gasteiger partial charge in [-0.05, 0) is 30.3 Å². The average molecular weight is 317 g/mol. The van der Waals surface area contributed by atoms with E-state index in [1.54, 1.807) is 12.1 Å². The van der Waals surface area contributed by atoms with Crippen molar-refractivity contribution < 1.29 is 13.9 Å². The number of hydrogen-bond acceptors (Lipinski definition) is 4. The third-order valence-corrected chi connectivity index (χ3v) is 4.56. The van der Waals surface area contributed by atoms with Gasteiger partial charge in [0, 0.05) is 37.7 Å². The van der Waals surface area contributed by atoms with E-state index in [-0.39, 0.29) is 11.6 Å². The smallest absolute Gasteiger partial charge is 0.170 e. The van der Waals surface area contributed by atoms with E-state index < -0.39 is 0 Å². The third-order valence-electron chi connectivity index (χ3n) is 4.56. The Morgan fingerprint density at radius 1 is 1.04 bits per heavy atom. The number of hydrogen-bond donors (Lipinski definition) is 0. The lowest BCUT2D eigenvalue weighted by atomic mass is 10.0. The van der Waals surface area contributed by atoms with Crippen LogP contribution >= 0.6 is 0 Å². The molecule has 2 saturated heterocycles. The number of halogens is 1. The SMILES string of the molecule is Fc1ccc(-c2ccn(CN3CCC4(CC3)OCCO4)n2)cc1. The molecule has 2 aliphatic rings. The lowest BCUT2D eigenvalue weighted by Gasteiger charge is -2.37. The van der Waals surface area contributed by atoms with Gasteiger partial charge >= 0.3 is 0 Å². The monoisotopic (exact) mass is 317 g/mol. The van der Waals surface area contributed by atoms with Crippen LogP contribution in [-0.4, -0.2) is 46.8 Å². The highest BCUT2D eigenvalue weighted by Gasteiger charge is 2.39. The molecule has 4 rings (SSSR count). The highest BCUT2D eigenvalue weighted by molar-refractivity contribution is 5.58. The first-order valence-electron chi connectivity index (χ1n) is 8.02. The first-order chi connectivity index (χ1) is 11.2. The van der Waals surface area contributed by atoms with E-state index in [1.165, 1.54) is 12.1 Å². The Kier molecular flexibility index (Phi) is 3.88. The van der Waals surface area contributed by atoms with Gasteiger partial charge in [-0.2, -0.15) is 5.10 Å². The predicted molar refractivity (Wildman–Crippen MR) is 83.1 cm³/mol. The van der Waals surface area contributed by atoms with Gasteiger partial charge in [0.2, 0.25) is 0 Å². The molecule has 0 N–H and O–H groups in total. The second-order valence-electron chi connectivity index (χ2n) is 6.11. The molecule has 23 heavy (non-hydrogen) atoms. The Bertz CT molecular complexity index is 655. The molecule has 0 atom stereocenters. The molecule has 2 aliphatic heterocycles. The zero-order chi connectivity index (χ0) is 15.7. The summed E-state index contributed by atoms with van der Waals surface area (Å²) in [5.74, 6) is -0.563. The number of ether oxygens (including phenoxy) is 2. The topological polar surface area (TPSA) is 39.5 Å². The molecule has 6 heteroatoms. The van der Waals surface area contributed by atoms with E-state index in [4.69, 9.17) is 9.47 Å². The molecule has 0 aliphatic carbocycles. The number of aromatic nitrogens is 2. The predicted octanol–water partition coefficient (Wildman–Crippen LogP) is 2.49. The molecule has 5 nitrogen and oxygen atoms in total. The van der Waals surface area contributed by atoms with Crippen LogP contribution in [0.4, 0.5) is 4.39 Å². The van der Waals surface area contributed by atoms with Crippen LogP contribution in [0.1, 0.15) is 12.8 Å². The maximum absolute atomic E-state index is 13.0. The molecular weight excluding hydrogens is 297 g/mol. The van der Waals surface area contributed by atoms with Crippen LogP contribution in [0, 0.1) is 5.82 Å². The fourth-order valence-electron chi connectivity index (χ4n) is 3.24. The van der Waals surface area contributed by atoms with E-state index in [1.807, 2.05) is 16.9 Å². The van der Waals surface area contributed by atoms with E-state index in [2.05, 4.69) is 10.00 Å². The van der Waals surface area contributed by atoms with Crippen LogP contribution in [0.5, 0.6) is 0 Å². The number of rotatable bonds is 3. The summed E-state index contributed by atoms with van der Waals surface area (Å²) < 4.78 is 26.4. The van der Waals surface area contributed by atoms with Crippen molar-refractivity contribution in [3.05, 3.63) is 42.3 Å². The van der Waals surface area contributed by atoms with Crippen molar-refractivity contribution in [3.63, 3.8) is 0 Å². The van der Waals surface area contributed by atoms with Gasteiger partial charge in [0.05, 0.1) is 25.6 Å². The summed E-state index contributed by atoms with van der Waals surface area (Å²) in [6.07, 6.45) is 3.77. The molecule has 3 heterocycles. The van der Waals surface area contributed by atoms with Crippen LogP contribution in [0.3, 0.4) is 0 Å². The molecule has 0 saturated carbocycles. The van der Waals surface area contributed by atoms with Crippen molar-refractivity contribution in [2.45, 2.75) is 25.3 Å². The molecule has 122 valence electrons. The summed E-state index contributed by atoms with van der Waals surface area (Å²) >= 11 is 0. The van der Waals surface area contributed by atoms with Crippen molar-refractivity contribution in [2.75, 3.05) is 26.3 Å². The van der Waals surface area contributed by atoms with E-state index in [9.17, 15) is 4.39 Å². The summed E-state index contributed by atoms with van der Waals surface area (Å²) in [7, 11) is 0. The zero-order valence-electron chi connectivity index (χ0n) is 12.9. The number of nitrogens with zero attached hydrogens (tertiary/aromatic N) is 3. The Balaban J connectivity index is 1.38. The quantitative estimate of drug-likeness (QED) is 0.872. The largest absolute Gasteiger partial charge is 0.347 e. The molecule has 1 aromatic carbocycles. The van der Waals surface area contributed by atoms with Gasteiger partial charge in [-0.15, -0.1) is 0 Å². The average Bonchev–Trinajstić information content (AvgIpc) is 3.21. The van der Waals surface area contributed by atoms with Crippen molar-refractivity contribution in [1.29, 1.82) is 0 Å². The van der Waals surface area contributed by atoms with Gasteiger partial charge in [-0.3, -0.25) is 9.58 Å². The molecule has 1 spiro atoms. The van der Waals surface area contributed by atoms with Crippen molar-refractivity contribution in [2.24, 2.45) is 0 Å². The Labute approximate surface area is 134 Å². The van der Waals surface area contributed by atoms with Crippen molar-refractivity contribution in [3.8, 4) is 11.3 Å². The van der Waals surface area contributed by atoms with Gasteiger partial charge in [-0.1, -0.05) is 0 Å². The van der Waals surface area contributed by atoms with Crippen LogP contribution < -0.4 is 0 Å². The van der Waals surface area contributed by atoms with Gasteiger partial charge in [-0.25, -0.2) is 4.39 Å². The van der Waals surface area contributed by atoms with Crippen LogP contribution in [0.25, 0.3) is 11.3 Å². The van der Waals surface area contributed by atoms with Crippen molar-refractivity contribution in [1.82, 2.24) is 14.7 Å². The summed E-state index contributed by atoms with van der Waals surface area (Å²) in [4.78, 5) is 2.34. The second kappa shape index (κ2) is 6.03. The van der Waals surface area contributed by atoms with Gasteiger partial charge in [0.1, 0.15) is 5.82 Å². The first-order valence-corrected chi connectivity index (χ1v) is 8.02. The Morgan fingerprint density at radius 2 is 1.74 bits per heavy atom. The summed E-state index contributed by atoms with van der Waals surface area (Å²) in [6.45, 7) is 4.04. The van der Waals surface area contributed by atoms with E-state index in [0.717, 1.165) is 43.9 Å². The lowest BCUT2D eigenvalue weighted by Crippen LogP contribution is -2.45. The number of piperidine rings is 1. The fourth-order valence-corrected chi connectivity index (χ4v) is 3.24. The molecule has 0 amide bonds. The minimum absolute atomic E-state index is 0.230. The molecule has 2 fully saturated rings. The Hall–Kier alpha value is -1.76. The van der Waals surface area contributed by atoms with Crippen LogP contribution in [0.15, 0.2) is 36.5 Å². The first kappa shape index (κ1) is 14.8. The highest BCUT2D eigenvalue weighted by atomic mass is 19.1. The molecule has 1 aromatic heterocycles. The molecule has 0 radical (unpaired) electrons. The summed E-state index contributed by atoms with van der Waals surface area (Å²) in [6, 6.07) is 8.38. The molecule has 0 bridgehead atoms. The molecule has 0 unspecified atom stereocenters. The van der Waals surface area contributed by atoms with Gasteiger partial charge in [0.15, 0.2) is 5.79 Å². The third kappa shape index (κ3) is 3.15. The normalized spacial score (nSPS) is 21.1. The highest BCUT2D eigenvalue weighted by Crippen LogP contribution is 2.31.